The molecule has 0 fully saturated rings. The zero-order valence-corrected chi connectivity index (χ0v) is 16.4. The molecule has 1 heterocycles. The van der Waals surface area contributed by atoms with Crippen molar-refractivity contribution >= 4 is 5.69 Å². The Morgan fingerprint density at radius 1 is 1.00 bits per heavy atom. The fraction of sp³-hybridized carbons (Fsp3) is 0.261. The van der Waals surface area contributed by atoms with Crippen molar-refractivity contribution in [2.24, 2.45) is 11.5 Å². The minimum atomic E-state index is -0.522. The number of benzene rings is 2. The van der Waals surface area contributed by atoms with E-state index in [1.807, 2.05) is 56.3 Å². The third-order valence-electron chi connectivity index (χ3n) is 4.60. The number of anilines is 1. The second-order valence-electron chi connectivity index (χ2n) is 7.69. The summed E-state index contributed by atoms with van der Waals surface area (Å²) in [5, 5.41) is 0. The Balaban J connectivity index is 1.71. The molecule has 3 rings (SSSR count). The highest BCUT2D eigenvalue weighted by atomic mass is 16.5. The standard InChI is InChI=1S/C23H28N4O/c1-23(2,26)21-12-17(8-9-22(21)25)18-11-20(14-27-13-18)28-15-19(24)10-16-6-4-3-5-7-16/h3-9,11-14,19H,10,15,24-26H2,1-2H3/t19-/m1/s1. The van der Waals surface area contributed by atoms with Gasteiger partial charge < -0.3 is 21.9 Å². The number of nitrogens with zero attached hydrogens (tertiary/aromatic N) is 1. The maximum atomic E-state index is 6.24. The molecule has 146 valence electrons. The lowest BCUT2D eigenvalue weighted by Crippen LogP contribution is -2.30. The highest BCUT2D eigenvalue weighted by molar-refractivity contribution is 5.69. The van der Waals surface area contributed by atoms with Crippen LogP contribution in [0.3, 0.4) is 0 Å². The van der Waals surface area contributed by atoms with Crippen LogP contribution in [-0.2, 0) is 12.0 Å². The van der Waals surface area contributed by atoms with Crippen molar-refractivity contribution in [3.63, 3.8) is 0 Å². The summed E-state index contributed by atoms with van der Waals surface area (Å²) >= 11 is 0. The Labute approximate surface area is 166 Å². The highest BCUT2D eigenvalue weighted by Gasteiger charge is 2.18. The highest BCUT2D eigenvalue weighted by Crippen LogP contribution is 2.30. The fourth-order valence-corrected chi connectivity index (χ4v) is 3.13. The minimum Gasteiger partial charge on any atom is -0.490 e. The maximum Gasteiger partial charge on any atom is 0.138 e. The molecule has 28 heavy (non-hydrogen) atoms. The van der Waals surface area contributed by atoms with Crippen LogP contribution in [0.1, 0.15) is 25.0 Å². The zero-order chi connectivity index (χ0) is 20.1. The smallest absolute Gasteiger partial charge is 0.138 e. The first-order valence-electron chi connectivity index (χ1n) is 9.39. The molecular formula is C23H28N4O. The monoisotopic (exact) mass is 376 g/mol. The summed E-state index contributed by atoms with van der Waals surface area (Å²) in [6.45, 7) is 4.30. The van der Waals surface area contributed by atoms with Crippen LogP contribution in [-0.4, -0.2) is 17.6 Å². The van der Waals surface area contributed by atoms with Crippen LogP contribution in [0.5, 0.6) is 5.75 Å². The maximum absolute atomic E-state index is 6.24. The first kappa shape index (κ1) is 19.9. The van der Waals surface area contributed by atoms with Crippen LogP contribution in [0.25, 0.3) is 11.1 Å². The van der Waals surface area contributed by atoms with Gasteiger partial charge in [-0.15, -0.1) is 0 Å². The van der Waals surface area contributed by atoms with Gasteiger partial charge in [0.1, 0.15) is 12.4 Å². The molecule has 1 aromatic heterocycles. The van der Waals surface area contributed by atoms with Crippen molar-refractivity contribution in [2.75, 3.05) is 12.3 Å². The largest absolute Gasteiger partial charge is 0.490 e. The van der Waals surface area contributed by atoms with Gasteiger partial charge >= 0.3 is 0 Å². The van der Waals surface area contributed by atoms with Gasteiger partial charge in [-0.2, -0.15) is 0 Å². The van der Waals surface area contributed by atoms with Crippen LogP contribution < -0.4 is 21.9 Å². The fourth-order valence-electron chi connectivity index (χ4n) is 3.13. The normalized spacial score (nSPS) is 12.6. The van der Waals surface area contributed by atoms with Crippen molar-refractivity contribution < 1.29 is 4.74 Å². The van der Waals surface area contributed by atoms with E-state index >= 15 is 0 Å². The number of aromatic nitrogens is 1. The second-order valence-corrected chi connectivity index (χ2v) is 7.69. The lowest BCUT2D eigenvalue weighted by molar-refractivity contribution is 0.286. The summed E-state index contributed by atoms with van der Waals surface area (Å²) in [5.41, 5.74) is 22.8. The summed E-state index contributed by atoms with van der Waals surface area (Å²) < 4.78 is 5.89. The number of nitrogens with two attached hydrogens (primary N) is 3. The molecular weight excluding hydrogens is 348 g/mol. The third-order valence-corrected chi connectivity index (χ3v) is 4.60. The Kier molecular flexibility index (Phi) is 5.97. The van der Waals surface area contributed by atoms with Gasteiger partial charge in [0, 0.05) is 29.0 Å². The van der Waals surface area contributed by atoms with E-state index in [9.17, 15) is 0 Å². The average Bonchev–Trinajstić information content (AvgIpc) is 2.67. The molecule has 0 amide bonds. The Morgan fingerprint density at radius 3 is 2.46 bits per heavy atom. The van der Waals surface area contributed by atoms with Crippen molar-refractivity contribution in [3.8, 4) is 16.9 Å². The molecule has 0 aliphatic rings. The van der Waals surface area contributed by atoms with Gasteiger partial charge in [-0.3, -0.25) is 4.98 Å². The third kappa shape index (κ3) is 5.09. The number of pyridine rings is 1. The van der Waals surface area contributed by atoms with E-state index in [0.717, 1.165) is 23.1 Å². The number of nitrogen functional groups attached to an aromatic ring is 1. The topological polar surface area (TPSA) is 100 Å². The van der Waals surface area contributed by atoms with Gasteiger partial charge in [0.25, 0.3) is 0 Å². The first-order valence-corrected chi connectivity index (χ1v) is 9.39. The second kappa shape index (κ2) is 8.42. The zero-order valence-electron chi connectivity index (χ0n) is 16.4. The van der Waals surface area contributed by atoms with E-state index in [4.69, 9.17) is 21.9 Å². The predicted molar refractivity (Wildman–Crippen MR) is 115 cm³/mol. The molecule has 5 nitrogen and oxygen atoms in total. The predicted octanol–water partition coefficient (Wildman–Crippen LogP) is 3.47. The molecule has 0 saturated carbocycles. The number of rotatable bonds is 7. The van der Waals surface area contributed by atoms with Crippen LogP contribution in [0.15, 0.2) is 67.0 Å². The van der Waals surface area contributed by atoms with Crippen molar-refractivity contribution in [2.45, 2.75) is 31.8 Å². The molecule has 1 atom stereocenters. The summed E-state index contributed by atoms with van der Waals surface area (Å²) in [4.78, 5) is 4.31. The van der Waals surface area contributed by atoms with Crippen molar-refractivity contribution in [1.29, 1.82) is 0 Å². The number of hydrogen-bond acceptors (Lipinski definition) is 5. The van der Waals surface area contributed by atoms with Crippen LogP contribution in [0.4, 0.5) is 5.69 Å². The number of hydrogen-bond donors (Lipinski definition) is 3. The van der Waals surface area contributed by atoms with Crippen molar-refractivity contribution in [1.82, 2.24) is 4.98 Å². The van der Waals surface area contributed by atoms with Crippen LogP contribution >= 0.6 is 0 Å². The number of ether oxygens (including phenoxy) is 1. The van der Waals surface area contributed by atoms with Crippen LogP contribution in [0, 0.1) is 0 Å². The van der Waals surface area contributed by atoms with E-state index in [2.05, 4.69) is 17.1 Å². The molecule has 0 spiro atoms. The molecule has 2 aromatic carbocycles. The van der Waals surface area contributed by atoms with E-state index in [1.54, 1.807) is 12.4 Å². The molecule has 3 aromatic rings. The van der Waals surface area contributed by atoms with E-state index in [-0.39, 0.29) is 6.04 Å². The average molecular weight is 377 g/mol. The minimum absolute atomic E-state index is 0.0905. The molecule has 0 aliphatic carbocycles. The summed E-state index contributed by atoms with van der Waals surface area (Å²) in [6, 6.07) is 17.9. The van der Waals surface area contributed by atoms with Gasteiger partial charge in [0.2, 0.25) is 0 Å². The molecule has 0 radical (unpaired) electrons. The summed E-state index contributed by atoms with van der Waals surface area (Å²) in [7, 11) is 0. The first-order chi connectivity index (χ1) is 13.3. The van der Waals surface area contributed by atoms with Gasteiger partial charge in [-0.25, -0.2) is 0 Å². The molecule has 0 saturated heterocycles. The lowest BCUT2D eigenvalue weighted by Gasteiger charge is -2.22. The van der Waals surface area contributed by atoms with Gasteiger partial charge in [0.05, 0.1) is 6.20 Å². The van der Waals surface area contributed by atoms with Crippen LogP contribution in [0.2, 0.25) is 0 Å². The van der Waals surface area contributed by atoms with Gasteiger partial charge in [0.15, 0.2) is 0 Å². The van der Waals surface area contributed by atoms with E-state index < -0.39 is 5.54 Å². The molecule has 0 unspecified atom stereocenters. The quantitative estimate of drug-likeness (QED) is 0.548. The Morgan fingerprint density at radius 2 is 1.75 bits per heavy atom. The molecule has 6 N–H and O–H groups in total. The molecule has 0 aliphatic heterocycles. The van der Waals surface area contributed by atoms with Crippen molar-refractivity contribution in [3.05, 3.63) is 78.1 Å². The summed E-state index contributed by atoms with van der Waals surface area (Å²) in [6.07, 6.45) is 4.26. The van der Waals surface area contributed by atoms with Gasteiger partial charge in [-0.05, 0) is 55.2 Å². The van der Waals surface area contributed by atoms with E-state index in [0.29, 0.717) is 18.0 Å². The molecule has 5 heteroatoms. The Bertz CT molecular complexity index is 919. The summed E-state index contributed by atoms with van der Waals surface area (Å²) in [5.74, 6) is 0.686. The van der Waals surface area contributed by atoms with E-state index in [1.165, 1.54) is 5.56 Å². The lowest BCUT2D eigenvalue weighted by atomic mass is 9.91. The Hall–Kier alpha value is -2.89. The molecule has 0 bridgehead atoms. The van der Waals surface area contributed by atoms with Gasteiger partial charge in [-0.1, -0.05) is 36.4 Å². The SMILES string of the molecule is CC(C)(N)c1cc(-c2cncc(OC[C@H](N)Cc3ccccc3)c2)ccc1N.